The van der Waals surface area contributed by atoms with Gasteiger partial charge in [-0.3, -0.25) is 9.98 Å². The summed E-state index contributed by atoms with van der Waals surface area (Å²) in [5, 5.41) is 11.1. The van der Waals surface area contributed by atoms with E-state index in [0.29, 0.717) is 5.69 Å². The number of hydrogen-bond acceptors (Lipinski definition) is 8. The summed E-state index contributed by atoms with van der Waals surface area (Å²) in [5.41, 5.74) is 5.17. The van der Waals surface area contributed by atoms with E-state index in [1.807, 2.05) is 6.07 Å². The first-order valence-corrected chi connectivity index (χ1v) is 11.2. The fourth-order valence-corrected chi connectivity index (χ4v) is 5.31. The number of nitrogens with two attached hydrogens (primary N) is 1. The Balaban J connectivity index is 1.78. The molecule has 4 rings (SSSR count). The minimum Gasteiger partial charge on any atom is -0.386 e. The van der Waals surface area contributed by atoms with Gasteiger partial charge in [0.25, 0.3) is 0 Å². The monoisotopic (exact) mass is 456 g/mol. The van der Waals surface area contributed by atoms with Gasteiger partial charge >= 0.3 is 0 Å². The van der Waals surface area contributed by atoms with Gasteiger partial charge in [0.05, 0.1) is 17.5 Å². The Labute approximate surface area is 182 Å². The fraction of sp³-hybridized carbons (Fsp3) is 0.238. The van der Waals surface area contributed by atoms with Gasteiger partial charge in [-0.05, 0) is 38.1 Å². The van der Waals surface area contributed by atoms with Crippen LogP contribution in [0, 0.1) is 23.0 Å². The molecule has 164 valence electrons. The minimum absolute atomic E-state index is 0.0343. The van der Waals surface area contributed by atoms with Gasteiger partial charge in [0.1, 0.15) is 34.0 Å². The lowest BCUT2D eigenvalue weighted by atomic mass is 9.93. The molecule has 0 saturated carbocycles. The summed E-state index contributed by atoms with van der Waals surface area (Å²) in [6.07, 6.45) is 2.27. The molecule has 3 aromatic rings. The lowest BCUT2D eigenvalue weighted by Gasteiger charge is -2.33. The van der Waals surface area contributed by atoms with Crippen molar-refractivity contribution in [2.75, 3.05) is 11.1 Å². The third-order valence-corrected chi connectivity index (χ3v) is 7.71. The minimum atomic E-state index is -3.63. The molecule has 2 unspecified atom stereocenters. The highest BCUT2D eigenvalue weighted by Crippen LogP contribution is 2.36. The lowest BCUT2D eigenvalue weighted by Crippen LogP contribution is -2.47. The summed E-state index contributed by atoms with van der Waals surface area (Å²) in [6, 6.07) is 7.27. The van der Waals surface area contributed by atoms with Gasteiger partial charge in [-0.25, -0.2) is 22.2 Å². The number of aromatic nitrogens is 2. The second-order valence-corrected chi connectivity index (χ2v) is 10.1. The highest BCUT2D eigenvalue weighted by molar-refractivity contribution is 7.92. The van der Waals surface area contributed by atoms with Crippen LogP contribution in [0.4, 0.5) is 20.3 Å². The molecule has 1 aromatic carbocycles. The predicted octanol–water partition coefficient (Wildman–Crippen LogP) is 2.91. The van der Waals surface area contributed by atoms with E-state index in [0.717, 1.165) is 6.20 Å². The molecule has 0 aliphatic carbocycles. The highest BCUT2D eigenvalue weighted by Gasteiger charge is 2.42. The van der Waals surface area contributed by atoms with Crippen LogP contribution in [0.25, 0.3) is 10.9 Å². The van der Waals surface area contributed by atoms with Crippen LogP contribution in [0.5, 0.6) is 0 Å². The van der Waals surface area contributed by atoms with Gasteiger partial charge in [-0.15, -0.1) is 0 Å². The Hall–Kier alpha value is -3.65. The number of amidine groups is 1. The van der Waals surface area contributed by atoms with E-state index in [9.17, 15) is 17.2 Å². The van der Waals surface area contributed by atoms with Gasteiger partial charge in [0.2, 0.25) is 0 Å². The van der Waals surface area contributed by atoms with E-state index in [-0.39, 0.29) is 33.7 Å². The number of anilines is 2. The average Bonchev–Trinajstić information content (AvgIpc) is 2.74. The summed E-state index contributed by atoms with van der Waals surface area (Å²) in [4.78, 5) is 12.4. The summed E-state index contributed by atoms with van der Waals surface area (Å²) in [7, 11) is -3.63. The molecule has 2 atom stereocenters. The first-order chi connectivity index (χ1) is 15.0. The van der Waals surface area contributed by atoms with Crippen molar-refractivity contribution in [3.63, 3.8) is 0 Å². The van der Waals surface area contributed by atoms with Crippen LogP contribution >= 0.6 is 0 Å². The van der Waals surface area contributed by atoms with Crippen molar-refractivity contribution in [1.82, 2.24) is 9.97 Å². The summed E-state index contributed by atoms with van der Waals surface area (Å²) in [5.74, 6) is -1.60. The van der Waals surface area contributed by atoms with E-state index in [4.69, 9.17) is 11.0 Å². The first kappa shape index (κ1) is 21.6. The van der Waals surface area contributed by atoms with Gasteiger partial charge in [0, 0.05) is 22.8 Å². The zero-order chi connectivity index (χ0) is 23.3. The van der Waals surface area contributed by atoms with Gasteiger partial charge in [-0.1, -0.05) is 0 Å². The zero-order valence-electron chi connectivity index (χ0n) is 17.1. The number of aliphatic imine (C=N–C) groups is 1. The predicted molar refractivity (Wildman–Crippen MR) is 116 cm³/mol. The molecule has 1 aliphatic heterocycles. The third-order valence-electron chi connectivity index (χ3n) is 5.43. The van der Waals surface area contributed by atoms with Crippen molar-refractivity contribution in [3.8, 4) is 6.07 Å². The zero-order valence-corrected chi connectivity index (χ0v) is 17.9. The molecule has 0 amide bonds. The molecule has 3 N–H and O–H groups in total. The van der Waals surface area contributed by atoms with Crippen LogP contribution in [-0.4, -0.2) is 35.2 Å². The van der Waals surface area contributed by atoms with Crippen molar-refractivity contribution in [1.29, 1.82) is 5.26 Å². The molecule has 0 fully saturated rings. The molecule has 32 heavy (non-hydrogen) atoms. The molecular weight excluding hydrogens is 438 g/mol. The third kappa shape index (κ3) is 3.62. The van der Waals surface area contributed by atoms with Crippen LogP contribution in [0.15, 0.2) is 41.7 Å². The fourth-order valence-electron chi connectivity index (χ4n) is 3.64. The SMILES string of the molecule is CC1C(N)=NC(C)(c2cc(Nc3ncc(F)c4cc(C#N)cnc34)ccc2F)CS1(=O)=O. The van der Waals surface area contributed by atoms with Crippen LogP contribution in [0.1, 0.15) is 25.0 Å². The average molecular weight is 456 g/mol. The van der Waals surface area contributed by atoms with Crippen molar-refractivity contribution < 1.29 is 17.2 Å². The number of nitriles is 1. The molecule has 8 nitrogen and oxygen atoms in total. The normalized spacial score (nSPS) is 22.2. The largest absolute Gasteiger partial charge is 0.386 e. The van der Waals surface area contributed by atoms with Gasteiger partial charge < -0.3 is 11.1 Å². The number of sulfone groups is 1. The van der Waals surface area contributed by atoms with Crippen molar-refractivity contribution in [2.45, 2.75) is 24.6 Å². The second-order valence-electron chi connectivity index (χ2n) is 7.77. The van der Waals surface area contributed by atoms with E-state index in [1.54, 1.807) is 0 Å². The number of pyridine rings is 2. The van der Waals surface area contributed by atoms with Crippen molar-refractivity contribution >= 4 is 38.1 Å². The lowest BCUT2D eigenvalue weighted by molar-refractivity contribution is 0.486. The van der Waals surface area contributed by atoms with Gasteiger partial charge in [-0.2, -0.15) is 5.26 Å². The van der Waals surface area contributed by atoms with Crippen LogP contribution < -0.4 is 11.1 Å². The molecule has 0 radical (unpaired) electrons. The molecular formula is C21H18F2N6O2S. The Morgan fingerprint density at radius 2 is 1.97 bits per heavy atom. The van der Waals surface area contributed by atoms with Crippen molar-refractivity contribution in [2.24, 2.45) is 10.7 Å². The molecule has 1 aliphatic rings. The topological polar surface area (TPSA) is 134 Å². The summed E-state index contributed by atoms with van der Waals surface area (Å²) < 4.78 is 54.0. The molecule has 11 heteroatoms. The first-order valence-electron chi connectivity index (χ1n) is 9.52. The number of rotatable bonds is 3. The highest BCUT2D eigenvalue weighted by atomic mass is 32.2. The Morgan fingerprint density at radius 1 is 1.22 bits per heavy atom. The van der Waals surface area contributed by atoms with Gasteiger partial charge in [0.15, 0.2) is 21.5 Å². The van der Waals surface area contributed by atoms with Crippen molar-refractivity contribution in [3.05, 3.63) is 59.4 Å². The van der Waals surface area contributed by atoms with Crippen LogP contribution in [0.2, 0.25) is 0 Å². The number of halogens is 2. The van der Waals surface area contributed by atoms with E-state index >= 15 is 0 Å². The smallest absolute Gasteiger partial charge is 0.162 e. The quantitative estimate of drug-likeness (QED) is 0.619. The molecule has 0 spiro atoms. The molecule has 0 bridgehead atoms. The maximum Gasteiger partial charge on any atom is 0.162 e. The van der Waals surface area contributed by atoms with E-state index in [2.05, 4.69) is 20.3 Å². The number of nitrogens with zero attached hydrogens (tertiary/aromatic N) is 4. The number of nitrogens with one attached hydrogen (secondary N) is 1. The van der Waals surface area contributed by atoms with Crippen LogP contribution in [0.3, 0.4) is 0 Å². The second kappa shape index (κ2) is 7.49. The molecule has 3 heterocycles. The molecule has 0 saturated heterocycles. The Kier molecular flexibility index (Phi) is 5.05. The Morgan fingerprint density at radius 3 is 2.66 bits per heavy atom. The maximum absolute atomic E-state index is 14.8. The number of hydrogen-bond donors (Lipinski definition) is 2. The maximum atomic E-state index is 14.8. The number of fused-ring (bicyclic) bond motifs is 1. The van der Waals surface area contributed by atoms with E-state index < -0.39 is 38.0 Å². The summed E-state index contributed by atoms with van der Waals surface area (Å²) >= 11 is 0. The molecule has 2 aromatic heterocycles. The summed E-state index contributed by atoms with van der Waals surface area (Å²) in [6.45, 7) is 2.94. The Bertz CT molecular complexity index is 1430. The van der Waals surface area contributed by atoms with Crippen LogP contribution in [-0.2, 0) is 15.4 Å². The standard InChI is InChI=1S/C21H18F2N6O2S/c1-11-19(25)29-21(2,10-32(11,30)31)15-6-13(3-4-16(15)22)28-20-18-14(17(23)9-27-20)5-12(7-24)8-26-18/h3-6,8-9,11H,10H2,1-2H3,(H2,25,29)(H,27,28). The van der Waals surface area contributed by atoms with E-state index in [1.165, 1.54) is 44.3 Å². The number of benzene rings is 1.